The number of ketones is 1. The molecule has 0 spiro atoms. The van der Waals surface area contributed by atoms with Crippen molar-refractivity contribution in [1.82, 2.24) is 9.97 Å². The molecule has 9 heteroatoms. The Morgan fingerprint density at radius 1 is 0.947 bits per heavy atom. The fourth-order valence-electron chi connectivity index (χ4n) is 4.51. The zero-order chi connectivity index (χ0) is 27.0. The summed E-state index contributed by atoms with van der Waals surface area (Å²) < 4.78 is 16.3. The van der Waals surface area contributed by atoms with Gasteiger partial charge in [-0.15, -0.1) is 0 Å². The molecule has 0 bridgehead atoms. The number of benzene rings is 3. The Morgan fingerprint density at radius 2 is 1.66 bits per heavy atom. The highest BCUT2D eigenvalue weighted by atomic mass is 16.5. The summed E-state index contributed by atoms with van der Waals surface area (Å²) in [5.74, 6) is -0.00851. The predicted octanol–water partition coefficient (Wildman–Crippen LogP) is 4.99. The lowest BCUT2D eigenvalue weighted by Crippen LogP contribution is -2.30. The molecule has 1 aromatic heterocycles. The second kappa shape index (κ2) is 9.93. The Kier molecular flexibility index (Phi) is 6.50. The maximum Gasteiger partial charge on any atom is 0.302 e. The summed E-state index contributed by atoms with van der Waals surface area (Å²) in [5.41, 5.74) is 2.12. The number of anilines is 1. The highest BCUT2D eigenvalue weighted by Crippen LogP contribution is 2.42. The number of methoxy groups -OCH3 is 2. The SMILES string of the molecule is COc1ccc(C2/C(=C(\O)c3cccc(OC(C)C)c3)C(=O)C(=O)N2c2nc3ccc(OC)cc3[nH]2)cc1. The lowest BCUT2D eigenvalue weighted by molar-refractivity contribution is -0.132. The molecule has 4 aromatic rings. The normalized spacial score (nSPS) is 16.9. The van der Waals surface area contributed by atoms with Crippen LogP contribution in [0.15, 0.2) is 72.3 Å². The molecule has 2 N–H and O–H groups in total. The number of carbonyl (C=O) groups is 2. The van der Waals surface area contributed by atoms with E-state index in [9.17, 15) is 14.7 Å². The van der Waals surface area contributed by atoms with E-state index in [1.54, 1.807) is 80.9 Å². The topological polar surface area (TPSA) is 114 Å². The van der Waals surface area contributed by atoms with E-state index < -0.39 is 17.7 Å². The van der Waals surface area contributed by atoms with Gasteiger partial charge in [0.1, 0.15) is 23.0 Å². The Bertz CT molecular complexity index is 1550. The van der Waals surface area contributed by atoms with Crippen LogP contribution < -0.4 is 19.1 Å². The molecule has 0 aliphatic carbocycles. The van der Waals surface area contributed by atoms with Crippen molar-refractivity contribution in [2.75, 3.05) is 19.1 Å². The molecular formula is C29H27N3O6. The smallest absolute Gasteiger partial charge is 0.302 e. The van der Waals surface area contributed by atoms with Crippen molar-refractivity contribution in [3.63, 3.8) is 0 Å². The number of imidazole rings is 1. The molecule has 38 heavy (non-hydrogen) atoms. The molecule has 5 rings (SSSR count). The van der Waals surface area contributed by atoms with Gasteiger partial charge in [0.2, 0.25) is 5.95 Å². The molecule has 0 saturated carbocycles. The van der Waals surface area contributed by atoms with Crippen LogP contribution in [-0.4, -0.2) is 47.1 Å². The minimum absolute atomic E-state index is 0.0556. The number of ether oxygens (including phenoxy) is 3. The van der Waals surface area contributed by atoms with Gasteiger partial charge in [-0.25, -0.2) is 4.98 Å². The number of nitrogens with one attached hydrogen (secondary N) is 1. The van der Waals surface area contributed by atoms with Gasteiger partial charge in [-0.3, -0.25) is 14.5 Å². The molecule has 1 aliphatic heterocycles. The van der Waals surface area contributed by atoms with Crippen molar-refractivity contribution in [3.05, 3.63) is 83.4 Å². The highest BCUT2D eigenvalue weighted by molar-refractivity contribution is 6.51. The number of hydrogen-bond acceptors (Lipinski definition) is 7. The first-order valence-electron chi connectivity index (χ1n) is 12.1. The van der Waals surface area contributed by atoms with Crippen molar-refractivity contribution in [2.24, 2.45) is 0 Å². The van der Waals surface area contributed by atoms with Crippen LogP contribution in [0.3, 0.4) is 0 Å². The van der Waals surface area contributed by atoms with Gasteiger partial charge in [-0.2, -0.15) is 0 Å². The largest absolute Gasteiger partial charge is 0.507 e. The molecule has 9 nitrogen and oxygen atoms in total. The Hall–Kier alpha value is -4.79. The second-order valence-corrected chi connectivity index (χ2v) is 9.08. The maximum absolute atomic E-state index is 13.5. The van der Waals surface area contributed by atoms with E-state index in [4.69, 9.17) is 14.2 Å². The third-order valence-electron chi connectivity index (χ3n) is 6.26. The minimum Gasteiger partial charge on any atom is -0.507 e. The molecule has 1 aliphatic rings. The van der Waals surface area contributed by atoms with Crippen LogP contribution in [0.25, 0.3) is 16.8 Å². The number of rotatable bonds is 7. The zero-order valence-corrected chi connectivity index (χ0v) is 21.4. The summed E-state index contributed by atoms with van der Waals surface area (Å²) in [5, 5.41) is 11.4. The first-order valence-corrected chi connectivity index (χ1v) is 12.1. The van der Waals surface area contributed by atoms with Crippen LogP contribution in [-0.2, 0) is 9.59 Å². The molecule has 0 radical (unpaired) electrons. The first-order chi connectivity index (χ1) is 18.3. The number of Topliss-reactive ketones (excluding diaryl/α,β-unsaturated/α-hetero) is 1. The van der Waals surface area contributed by atoms with Gasteiger partial charge in [0, 0.05) is 11.6 Å². The molecule has 194 valence electrons. The van der Waals surface area contributed by atoms with E-state index in [0.29, 0.717) is 39.4 Å². The van der Waals surface area contributed by atoms with Crippen molar-refractivity contribution in [3.8, 4) is 17.2 Å². The van der Waals surface area contributed by atoms with Gasteiger partial charge in [-0.05, 0) is 55.8 Å². The number of fused-ring (bicyclic) bond motifs is 1. The molecule has 1 fully saturated rings. The number of carbonyl (C=O) groups excluding carboxylic acids is 2. The maximum atomic E-state index is 13.5. The number of aromatic nitrogens is 2. The number of aliphatic hydroxyl groups is 1. The van der Waals surface area contributed by atoms with E-state index in [1.165, 1.54) is 4.90 Å². The number of H-pyrrole nitrogens is 1. The van der Waals surface area contributed by atoms with Crippen LogP contribution in [0.5, 0.6) is 17.2 Å². The quantitative estimate of drug-likeness (QED) is 0.203. The average molecular weight is 514 g/mol. The summed E-state index contributed by atoms with van der Waals surface area (Å²) in [4.78, 5) is 35.9. The van der Waals surface area contributed by atoms with Crippen molar-refractivity contribution in [1.29, 1.82) is 0 Å². The van der Waals surface area contributed by atoms with E-state index in [2.05, 4.69) is 9.97 Å². The predicted molar refractivity (Wildman–Crippen MR) is 143 cm³/mol. The van der Waals surface area contributed by atoms with Crippen LogP contribution in [0.4, 0.5) is 5.95 Å². The summed E-state index contributed by atoms with van der Waals surface area (Å²) in [6.07, 6.45) is -0.0796. The molecule has 1 unspecified atom stereocenters. The minimum atomic E-state index is -0.946. The highest BCUT2D eigenvalue weighted by Gasteiger charge is 2.48. The molecule has 1 amide bonds. The molecule has 1 saturated heterocycles. The standard InChI is InChI=1S/C29H27N3O6/c1-16(2)38-21-7-5-6-18(14-21)26(33)24-25(17-8-10-19(36-3)11-9-17)32(28(35)27(24)34)29-30-22-13-12-20(37-4)15-23(22)31-29/h5-16,25,33H,1-4H3,(H,30,31)/b26-24+. The number of aromatic amines is 1. The Labute approximate surface area is 219 Å². The third-order valence-corrected chi connectivity index (χ3v) is 6.26. The van der Waals surface area contributed by atoms with Crippen LogP contribution in [0.1, 0.15) is 31.0 Å². The molecule has 1 atom stereocenters. The second-order valence-electron chi connectivity index (χ2n) is 9.08. The fourth-order valence-corrected chi connectivity index (χ4v) is 4.51. The van der Waals surface area contributed by atoms with E-state index >= 15 is 0 Å². The molecular weight excluding hydrogens is 486 g/mol. The Balaban J connectivity index is 1.68. The lowest BCUT2D eigenvalue weighted by Gasteiger charge is -2.23. The third kappa shape index (κ3) is 4.43. The number of hydrogen-bond donors (Lipinski definition) is 2. The van der Waals surface area contributed by atoms with Crippen molar-refractivity contribution < 1.29 is 28.9 Å². The van der Waals surface area contributed by atoms with E-state index in [0.717, 1.165) is 0 Å². The molecule has 3 aromatic carbocycles. The summed E-state index contributed by atoms with van der Waals surface area (Å²) in [6, 6.07) is 18.1. The van der Waals surface area contributed by atoms with Gasteiger partial charge in [0.25, 0.3) is 5.78 Å². The van der Waals surface area contributed by atoms with Gasteiger partial charge in [0.15, 0.2) is 0 Å². The average Bonchev–Trinajstić information content (AvgIpc) is 3.45. The van der Waals surface area contributed by atoms with Crippen LogP contribution in [0.2, 0.25) is 0 Å². The van der Waals surface area contributed by atoms with Gasteiger partial charge in [-0.1, -0.05) is 24.3 Å². The summed E-state index contributed by atoms with van der Waals surface area (Å²) in [7, 11) is 3.11. The lowest BCUT2D eigenvalue weighted by atomic mass is 9.95. The Morgan fingerprint density at radius 3 is 2.34 bits per heavy atom. The zero-order valence-electron chi connectivity index (χ0n) is 21.4. The van der Waals surface area contributed by atoms with Gasteiger partial charge < -0.3 is 24.3 Å². The van der Waals surface area contributed by atoms with Crippen molar-refractivity contribution >= 4 is 34.4 Å². The van der Waals surface area contributed by atoms with Crippen LogP contribution >= 0.6 is 0 Å². The number of aliphatic hydroxyl groups excluding tert-OH is 1. The number of nitrogens with zero attached hydrogens (tertiary/aromatic N) is 2. The monoisotopic (exact) mass is 513 g/mol. The fraction of sp³-hybridized carbons (Fsp3) is 0.207. The van der Waals surface area contributed by atoms with Gasteiger partial charge >= 0.3 is 5.91 Å². The summed E-state index contributed by atoms with van der Waals surface area (Å²) in [6.45, 7) is 3.79. The van der Waals surface area contributed by atoms with Crippen molar-refractivity contribution in [2.45, 2.75) is 26.0 Å². The first kappa shape index (κ1) is 24.9. The molecule has 2 heterocycles. The van der Waals surface area contributed by atoms with E-state index in [-0.39, 0.29) is 23.4 Å². The van der Waals surface area contributed by atoms with Crippen LogP contribution in [0, 0.1) is 0 Å². The van der Waals surface area contributed by atoms with E-state index in [1.807, 2.05) is 13.8 Å². The van der Waals surface area contributed by atoms with Gasteiger partial charge in [0.05, 0.1) is 43.0 Å². The number of amides is 1. The summed E-state index contributed by atoms with van der Waals surface area (Å²) >= 11 is 0.